The SMILES string of the molecule is O.[H-].[HH].[K+].[K][K]. The van der Waals surface area contributed by atoms with E-state index < -0.39 is 0 Å². The van der Waals surface area contributed by atoms with Gasteiger partial charge in [-0.3, -0.25) is 0 Å². The van der Waals surface area contributed by atoms with E-state index in [-0.39, 0.29) is 59.7 Å². The Hall–Kier alpha value is 4.87. The van der Waals surface area contributed by atoms with Gasteiger partial charge < -0.3 is 6.90 Å². The van der Waals surface area contributed by atoms with Gasteiger partial charge in [0.2, 0.25) is 0 Å². The van der Waals surface area contributed by atoms with Crippen LogP contribution in [0.2, 0.25) is 0 Å². The molecule has 1 nitrogen and oxygen atoms in total. The van der Waals surface area contributed by atoms with Crippen LogP contribution in [0, 0.1) is 0 Å². The molecule has 0 aliphatic heterocycles. The Morgan fingerprint density at radius 3 is 1.50 bits per heavy atom. The first-order valence-electron chi connectivity index (χ1n) is 1.00. The van der Waals surface area contributed by atoms with Crippen molar-refractivity contribution >= 4 is 63.2 Å². The minimum absolute atomic E-state index is 0. The summed E-state index contributed by atoms with van der Waals surface area (Å²) in [7, 11) is 0. The van der Waals surface area contributed by atoms with Gasteiger partial charge in [-0.15, -0.1) is 0 Å². The molecule has 0 bridgehead atoms. The molecule has 0 aromatic carbocycles. The zero-order chi connectivity index (χ0) is 2.00. The van der Waals surface area contributed by atoms with Gasteiger partial charge in [-0.2, -0.15) is 0 Å². The molecule has 0 atom stereocenters. The van der Waals surface area contributed by atoms with Crippen molar-refractivity contribution in [3.05, 3.63) is 0 Å². The average Bonchev–Trinajstić information content (AvgIpc) is 1.00. The summed E-state index contributed by atoms with van der Waals surface area (Å²) in [6.45, 7) is 0. The summed E-state index contributed by atoms with van der Waals surface area (Å²) in [4.78, 5) is 0. The van der Waals surface area contributed by atoms with E-state index in [0.29, 0.717) is 0 Å². The number of hydrogen-bond acceptors (Lipinski definition) is 0. The molecule has 0 radical (unpaired) electrons. The Labute approximate surface area is 117 Å². The fraction of sp³-hybridized carbons (Fsp3) is 0. The van der Waals surface area contributed by atoms with Crippen LogP contribution >= 0.6 is 0 Å². The Balaban J connectivity index is -0.000000000833. The first-order chi connectivity index (χ1) is 1.00. The Morgan fingerprint density at radius 1 is 1.50 bits per heavy atom. The summed E-state index contributed by atoms with van der Waals surface area (Å²) < 4.78 is 0. The van der Waals surface area contributed by atoms with E-state index >= 15 is 0 Å². The first-order valence-corrected chi connectivity index (χ1v) is 17.0. The van der Waals surface area contributed by atoms with Crippen LogP contribution in [0.4, 0.5) is 0 Å². The van der Waals surface area contributed by atoms with E-state index in [1.165, 1.54) is 63.2 Å². The van der Waals surface area contributed by atoms with Crippen molar-refractivity contribution in [2.75, 3.05) is 0 Å². The fourth-order valence-electron chi connectivity index (χ4n) is 0. The monoisotopic (exact) mass is 138 g/mol. The second-order valence-electron chi connectivity index (χ2n) is 0. The zero-order valence-electron chi connectivity index (χ0n) is 4.50. The molecule has 0 aromatic heterocycles. The maximum atomic E-state index is 1.25. The van der Waals surface area contributed by atoms with Crippen molar-refractivity contribution in [3.8, 4) is 0 Å². The van der Waals surface area contributed by atoms with Crippen LogP contribution in [0.25, 0.3) is 0 Å². The zero-order valence-corrected chi connectivity index (χ0v) is 12.9. The Morgan fingerprint density at radius 2 is 1.50 bits per heavy atom. The van der Waals surface area contributed by atoms with Gasteiger partial charge in [0, 0.05) is 1.43 Å². The van der Waals surface area contributed by atoms with Crippen LogP contribution in [0.1, 0.15) is 2.85 Å². The number of hydrogen-bond donors (Lipinski definition) is 0. The molecule has 4 heavy (non-hydrogen) atoms. The van der Waals surface area contributed by atoms with E-state index in [2.05, 4.69) is 0 Å². The van der Waals surface area contributed by atoms with Gasteiger partial charge in [-0.05, 0) is 0 Å². The van der Waals surface area contributed by atoms with Crippen molar-refractivity contribution in [2.45, 2.75) is 0 Å². The summed E-state index contributed by atoms with van der Waals surface area (Å²) in [6.07, 6.45) is 0. The molecular weight excluding hydrogens is 133 g/mol. The summed E-state index contributed by atoms with van der Waals surface area (Å²) >= 11 is 2.50. The number of rotatable bonds is 0. The second-order valence-corrected chi connectivity index (χ2v) is 0. The molecule has 0 aliphatic carbocycles. The van der Waals surface area contributed by atoms with Gasteiger partial charge in [-0.25, -0.2) is 0 Å². The van der Waals surface area contributed by atoms with E-state index in [0.717, 1.165) is 0 Å². The van der Waals surface area contributed by atoms with Crippen molar-refractivity contribution in [1.82, 2.24) is 0 Å². The predicted octanol–water partition coefficient (Wildman–Crippen LogP) is -4.22. The van der Waals surface area contributed by atoms with Gasteiger partial charge in [0.1, 0.15) is 0 Å². The Bertz CT molecular complexity index is 8.75. The van der Waals surface area contributed by atoms with Crippen LogP contribution in [-0.2, 0) is 0 Å². The van der Waals surface area contributed by atoms with Crippen molar-refractivity contribution in [1.29, 1.82) is 0 Å². The second kappa shape index (κ2) is 15.7. The molecule has 0 saturated heterocycles. The molecule has 0 heterocycles. The van der Waals surface area contributed by atoms with Crippen LogP contribution in [0.5, 0.6) is 0 Å². The molecule has 0 rings (SSSR count). The third-order valence-electron chi connectivity index (χ3n) is 0. The molecule has 0 spiro atoms. The Kier molecular flexibility index (Phi) is 62.4. The first kappa shape index (κ1) is 15.9. The van der Waals surface area contributed by atoms with Gasteiger partial charge in [0.15, 0.2) is 0 Å². The van der Waals surface area contributed by atoms with Crippen LogP contribution < -0.4 is 51.4 Å². The molecular formula is H5K3O. The third kappa shape index (κ3) is 9.98. The molecule has 0 aliphatic rings. The molecule has 4 heteroatoms. The summed E-state index contributed by atoms with van der Waals surface area (Å²) in [5.41, 5.74) is 0. The van der Waals surface area contributed by atoms with E-state index in [9.17, 15) is 0 Å². The van der Waals surface area contributed by atoms with Crippen molar-refractivity contribution in [3.63, 3.8) is 0 Å². The molecule has 0 amide bonds. The van der Waals surface area contributed by atoms with Crippen LogP contribution in [0.3, 0.4) is 0 Å². The van der Waals surface area contributed by atoms with Gasteiger partial charge >= 0.3 is 115 Å². The topological polar surface area (TPSA) is 31.5 Å². The normalized spacial score (nSPS) is 2.00. The minimum atomic E-state index is 0. The van der Waals surface area contributed by atoms with E-state index in [1.54, 1.807) is 0 Å². The van der Waals surface area contributed by atoms with Gasteiger partial charge in [-0.1, -0.05) is 0 Å². The summed E-state index contributed by atoms with van der Waals surface area (Å²) in [5.74, 6) is 0. The molecule has 14 valence electrons. The quantitative estimate of drug-likeness (QED) is 0.304. The van der Waals surface area contributed by atoms with Crippen molar-refractivity contribution < 1.29 is 59.7 Å². The average molecular weight is 138 g/mol. The van der Waals surface area contributed by atoms with Crippen LogP contribution in [-0.4, -0.2) is 68.6 Å². The maximum absolute atomic E-state index is 1.25. The molecule has 0 fully saturated rings. The van der Waals surface area contributed by atoms with E-state index in [1.807, 2.05) is 0 Å². The molecule has 0 saturated carbocycles. The summed E-state index contributed by atoms with van der Waals surface area (Å²) in [6, 6.07) is 0. The standard InChI is InChI=1S/3K.H2O.H2.H/h;;;1H2;1H;/q;;+1;;;-1. The van der Waals surface area contributed by atoms with E-state index in [4.69, 9.17) is 0 Å². The van der Waals surface area contributed by atoms with Gasteiger partial charge in [0.05, 0.1) is 0 Å². The predicted molar refractivity (Wildman–Crippen MR) is 18.3 cm³/mol. The van der Waals surface area contributed by atoms with Crippen molar-refractivity contribution in [2.24, 2.45) is 0 Å². The van der Waals surface area contributed by atoms with Crippen LogP contribution in [0.15, 0.2) is 0 Å². The molecule has 2 N–H and O–H groups in total. The summed E-state index contributed by atoms with van der Waals surface area (Å²) in [5, 5.41) is 0. The molecule has 0 unspecified atom stereocenters. The fourth-order valence-corrected chi connectivity index (χ4v) is 0. The molecule has 0 aromatic rings. The van der Waals surface area contributed by atoms with Gasteiger partial charge in [0.25, 0.3) is 0 Å². The third-order valence-corrected chi connectivity index (χ3v) is 0.